The Morgan fingerprint density at radius 1 is 1.19 bits per heavy atom. The van der Waals surface area contributed by atoms with Crippen molar-refractivity contribution in [1.29, 1.82) is 0 Å². The van der Waals surface area contributed by atoms with Gasteiger partial charge in [0.1, 0.15) is 5.54 Å². The summed E-state index contributed by atoms with van der Waals surface area (Å²) >= 11 is 0. The van der Waals surface area contributed by atoms with Gasteiger partial charge in [0.2, 0.25) is 5.91 Å². The van der Waals surface area contributed by atoms with Crippen molar-refractivity contribution in [3.05, 3.63) is 0 Å². The summed E-state index contributed by atoms with van der Waals surface area (Å²) < 4.78 is 0. The molecule has 0 radical (unpaired) electrons. The van der Waals surface area contributed by atoms with Gasteiger partial charge in [-0.1, -0.05) is 19.3 Å². The molecule has 6 heteroatoms. The van der Waals surface area contributed by atoms with Crippen LogP contribution in [0.4, 0.5) is 0 Å². The van der Waals surface area contributed by atoms with Gasteiger partial charge in [0.15, 0.2) is 5.66 Å². The summed E-state index contributed by atoms with van der Waals surface area (Å²) in [6, 6.07) is 0. The molecule has 0 aromatic heterocycles. The lowest BCUT2D eigenvalue weighted by Gasteiger charge is -2.34. The van der Waals surface area contributed by atoms with Crippen LogP contribution in [-0.2, 0) is 9.59 Å². The number of carbonyl (C=O) groups excluding carboxylic acids is 1. The van der Waals surface area contributed by atoms with Crippen LogP contribution in [0, 0.1) is 12.3 Å². The van der Waals surface area contributed by atoms with Crippen molar-refractivity contribution >= 4 is 11.9 Å². The van der Waals surface area contributed by atoms with Gasteiger partial charge in [0, 0.05) is 25.7 Å². The first-order chi connectivity index (χ1) is 10.0. The molecule has 2 rings (SSSR count). The van der Waals surface area contributed by atoms with Crippen molar-refractivity contribution in [3.8, 4) is 12.3 Å². The van der Waals surface area contributed by atoms with E-state index in [0.29, 0.717) is 32.1 Å². The van der Waals surface area contributed by atoms with E-state index < -0.39 is 17.2 Å². The van der Waals surface area contributed by atoms with E-state index in [1.54, 1.807) is 0 Å². The first-order valence-corrected chi connectivity index (χ1v) is 7.44. The molecular formula is C15H21N3O3. The highest BCUT2D eigenvalue weighted by Gasteiger charge is 2.43. The second-order valence-electron chi connectivity index (χ2n) is 5.88. The molecule has 0 atom stereocenters. The van der Waals surface area contributed by atoms with E-state index in [4.69, 9.17) is 6.42 Å². The lowest BCUT2D eigenvalue weighted by Crippen LogP contribution is -2.55. The number of aliphatic carboxylic acids is 1. The Morgan fingerprint density at radius 3 is 2.38 bits per heavy atom. The van der Waals surface area contributed by atoms with Gasteiger partial charge in [0.25, 0.3) is 0 Å². The van der Waals surface area contributed by atoms with Crippen molar-refractivity contribution in [2.24, 2.45) is 10.2 Å². The predicted octanol–water partition coefficient (Wildman–Crippen LogP) is 2.25. The van der Waals surface area contributed by atoms with Crippen LogP contribution in [-0.4, -0.2) is 28.2 Å². The summed E-state index contributed by atoms with van der Waals surface area (Å²) in [7, 11) is 0. The molecule has 114 valence electrons. The largest absolute Gasteiger partial charge is 0.480 e. The van der Waals surface area contributed by atoms with E-state index in [-0.39, 0.29) is 12.3 Å². The SMILES string of the molecule is C#CCCC1(CCC(=O)NC2(C(=O)O)CCCCC2)N=N1. The smallest absolute Gasteiger partial charge is 0.329 e. The summed E-state index contributed by atoms with van der Waals surface area (Å²) in [4.78, 5) is 23.6. The predicted molar refractivity (Wildman–Crippen MR) is 76.5 cm³/mol. The Bertz CT molecular complexity index is 481. The number of hydrogen-bond donors (Lipinski definition) is 2. The Kier molecular flexibility index (Phi) is 4.61. The molecule has 2 aliphatic rings. The lowest BCUT2D eigenvalue weighted by atomic mass is 9.81. The maximum Gasteiger partial charge on any atom is 0.329 e. The number of terminal acetylenes is 1. The Hall–Kier alpha value is -1.90. The first-order valence-electron chi connectivity index (χ1n) is 7.44. The van der Waals surface area contributed by atoms with Crippen LogP contribution in [0.25, 0.3) is 0 Å². The fourth-order valence-corrected chi connectivity index (χ4v) is 2.86. The van der Waals surface area contributed by atoms with Crippen LogP contribution in [0.5, 0.6) is 0 Å². The normalized spacial score (nSPS) is 21.3. The van der Waals surface area contributed by atoms with Crippen molar-refractivity contribution in [1.82, 2.24) is 5.32 Å². The summed E-state index contributed by atoms with van der Waals surface area (Å²) in [5.74, 6) is 1.37. The van der Waals surface area contributed by atoms with Crippen LogP contribution in [0.2, 0.25) is 0 Å². The molecule has 2 N–H and O–H groups in total. The number of rotatable bonds is 7. The van der Waals surface area contributed by atoms with Gasteiger partial charge in [-0.05, 0) is 12.8 Å². The molecule has 0 bridgehead atoms. The molecular weight excluding hydrogens is 270 g/mol. The second-order valence-corrected chi connectivity index (χ2v) is 5.88. The highest BCUT2D eigenvalue weighted by Crippen LogP contribution is 2.37. The van der Waals surface area contributed by atoms with Gasteiger partial charge in [-0.15, -0.1) is 12.3 Å². The molecule has 1 aliphatic carbocycles. The molecule has 0 unspecified atom stereocenters. The number of hydrogen-bond acceptors (Lipinski definition) is 4. The van der Waals surface area contributed by atoms with Crippen molar-refractivity contribution in [2.75, 3.05) is 0 Å². The van der Waals surface area contributed by atoms with Gasteiger partial charge in [-0.25, -0.2) is 4.79 Å². The van der Waals surface area contributed by atoms with E-state index in [1.165, 1.54) is 0 Å². The van der Waals surface area contributed by atoms with Gasteiger partial charge in [-0.3, -0.25) is 4.79 Å². The van der Waals surface area contributed by atoms with E-state index in [0.717, 1.165) is 19.3 Å². The number of nitrogens with one attached hydrogen (secondary N) is 1. The molecule has 21 heavy (non-hydrogen) atoms. The van der Waals surface area contributed by atoms with Crippen molar-refractivity contribution < 1.29 is 14.7 Å². The highest BCUT2D eigenvalue weighted by molar-refractivity contribution is 5.87. The fourth-order valence-electron chi connectivity index (χ4n) is 2.86. The average molecular weight is 291 g/mol. The van der Waals surface area contributed by atoms with E-state index in [1.807, 2.05) is 0 Å². The van der Waals surface area contributed by atoms with E-state index in [2.05, 4.69) is 21.5 Å². The molecule has 1 heterocycles. The summed E-state index contributed by atoms with van der Waals surface area (Å²) in [5.41, 5.74) is -1.58. The minimum Gasteiger partial charge on any atom is -0.480 e. The van der Waals surface area contributed by atoms with Crippen molar-refractivity contribution in [2.45, 2.75) is 69.0 Å². The first kappa shape index (κ1) is 15.5. The van der Waals surface area contributed by atoms with Crippen LogP contribution >= 0.6 is 0 Å². The number of carbonyl (C=O) groups is 2. The fraction of sp³-hybridized carbons (Fsp3) is 0.733. The molecule has 0 saturated heterocycles. The standard InChI is InChI=1S/C15H21N3O3/c1-2-3-10-15(17-18-15)11-7-12(19)16-14(13(20)21)8-5-4-6-9-14/h1H,3-11H2,(H,16,19)(H,20,21). The lowest BCUT2D eigenvalue weighted by molar-refractivity contribution is -0.149. The Balaban J connectivity index is 1.83. The summed E-state index contributed by atoms with van der Waals surface area (Å²) in [6.45, 7) is 0. The third-order valence-electron chi connectivity index (χ3n) is 4.30. The van der Waals surface area contributed by atoms with Gasteiger partial charge >= 0.3 is 5.97 Å². The number of amides is 1. The maximum absolute atomic E-state index is 12.1. The molecule has 6 nitrogen and oxygen atoms in total. The van der Waals surface area contributed by atoms with Crippen LogP contribution in [0.15, 0.2) is 10.2 Å². The zero-order valence-corrected chi connectivity index (χ0v) is 12.1. The molecule has 1 fully saturated rings. The van der Waals surface area contributed by atoms with Gasteiger partial charge < -0.3 is 10.4 Å². The van der Waals surface area contributed by atoms with Crippen LogP contribution in [0.1, 0.15) is 57.8 Å². The second kappa shape index (κ2) is 6.25. The summed E-state index contributed by atoms with van der Waals surface area (Å²) in [6.07, 6.45) is 10.9. The topological polar surface area (TPSA) is 91.1 Å². The molecule has 0 aromatic carbocycles. The molecule has 1 saturated carbocycles. The summed E-state index contributed by atoms with van der Waals surface area (Å²) in [5, 5.41) is 20.1. The zero-order valence-electron chi connectivity index (χ0n) is 12.1. The van der Waals surface area contributed by atoms with Crippen LogP contribution in [0.3, 0.4) is 0 Å². The van der Waals surface area contributed by atoms with Gasteiger partial charge in [0.05, 0.1) is 0 Å². The highest BCUT2D eigenvalue weighted by atomic mass is 16.4. The maximum atomic E-state index is 12.1. The number of nitrogens with zero attached hydrogens (tertiary/aromatic N) is 2. The monoisotopic (exact) mass is 291 g/mol. The quantitative estimate of drug-likeness (QED) is 0.705. The Labute approximate surface area is 124 Å². The number of carboxylic acids is 1. The van der Waals surface area contributed by atoms with Crippen LogP contribution < -0.4 is 5.32 Å². The molecule has 1 amide bonds. The van der Waals surface area contributed by atoms with Gasteiger partial charge in [-0.2, -0.15) is 10.2 Å². The minimum atomic E-state index is -1.08. The zero-order chi connectivity index (χ0) is 15.3. The molecule has 1 aliphatic heterocycles. The third-order valence-corrected chi connectivity index (χ3v) is 4.30. The minimum absolute atomic E-state index is 0.229. The molecule has 0 aromatic rings. The number of carboxylic acid groups (broad SMARTS) is 1. The van der Waals surface area contributed by atoms with E-state index >= 15 is 0 Å². The molecule has 0 spiro atoms. The van der Waals surface area contributed by atoms with Crippen molar-refractivity contribution in [3.63, 3.8) is 0 Å². The third kappa shape index (κ3) is 3.81. The Morgan fingerprint density at radius 2 is 1.86 bits per heavy atom. The average Bonchev–Trinajstić information content (AvgIpc) is 3.24. The van der Waals surface area contributed by atoms with E-state index in [9.17, 15) is 14.7 Å².